The Balaban J connectivity index is 1.50. The van der Waals surface area contributed by atoms with E-state index in [0.717, 1.165) is 45.9 Å². The first-order valence-electron chi connectivity index (χ1n) is 11.8. The van der Waals surface area contributed by atoms with Crippen molar-refractivity contribution >= 4 is 10.8 Å². The number of nitrogens with one attached hydrogen (secondary N) is 1. The lowest BCUT2D eigenvalue weighted by molar-refractivity contribution is -0.00678. The molecule has 0 aliphatic carbocycles. The van der Waals surface area contributed by atoms with Crippen molar-refractivity contribution < 1.29 is 9.47 Å². The van der Waals surface area contributed by atoms with Gasteiger partial charge in [0, 0.05) is 25.7 Å². The van der Waals surface area contributed by atoms with Crippen LogP contribution in [0.4, 0.5) is 0 Å². The van der Waals surface area contributed by atoms with E-state index < -0.39 is 0 Å². The van der Waals surface area contributed by atoms with Crippen molar-refractivity contribution in [1.82, 2.24) is 10.2 Å². The quantitative estimate of drug-likeness (QED) is 0.665. The Kier molecular flexibility index (Phi) is 7.09. The summed E-state index contributed by atoms with van der Waals surface area (Å²) in [5, 5.41) is 6.51. The predicted octanol–water partition coefficient (Wildman–Crippen LogP) is 4.99. The van der Waals surface area contributed by atoms with Gasteiger partial charge in [-0.1, -0.05) is 70.0 Å². The molecule has 4 nitrogen and oxygen atoms in total. The summed E-state index contributed by atoms with van der Waals surface area (Å²) >= 11 is 0. The van der Waals surface area contributed by atoms with Crippen LogP contribution in [0.15, 0.2) is 42.5 Å². The molecular formula is C26H38N2O2. The summed E-state index contributed by atoms with van der Waals surface area (Å²) in [6.45, 7) is 12.6. The Morgan fingerprint density at radius 3 is 2.57 bits per heavy atom. The Bertz CT molecular complexity index is 816. The number of ether oxygens (including phenoxy) is 2. The average molecular weight is 411 g/mol. The van der Waals surface area contributed by atoms with Crippen LogP contribution in [0.2, 0.25) is 0 Å². The summed E-state index contributed by atoms with van der Waals surface area (Å²) in [6, 6.07) is 15.9. The molecule has 2 saturated heterocycles. The van der Waals surface area contributed by atoms with E-state index in [1.54, 1.807) is 0 Å². The zero-order chi connectivity index (χ0) is 21.0. The number of rotatable bonds is 8. The molecule has 0 aromatic heterocycles. The van der Waals surface area contributed by atoms with Gasteiger partial charge in [-0.25, -0.2) is 0 Å². The molecule has 2 aromatic rings. The molecule has 0 bridgehead atoms. The number of nitrogens with zero attached hydrogens (tertiary/aromatic N) is 1. The van der Waals surface area contributed by atoms with Gasteiger partial charge in [-0.3, -0.25) is 10.2 Å². The minimum atomic E-state index is 0.119. The smallest absolute Gasteiger partial charge is 0.109 e. The predicted molar refractivity (Wildman–Crippen MR) is 124 cm³/mol. The highest BCUT2D eigenvalue weighted by atomic mass is 16.5. The van der Waals surface area contributed by atoms with Gasteiger partial charge in [-0.05, 0) is 40.2 Å². The van der Waals surface area contributed by atoms with E-state index in [1.807, 2.05) is 0 Å². The van der Waals surface area contributed by atoms with Gasteiger partial charge >= 0.3 is 0 Å². The van der Waals surface area contributed by atoms with Crippen molar-refractivity contribution in [3.63, 3.8) is 0 Å². The van der Waals surface area contributed by atoms with Gasteiger partial charge in [0.2, 0.25) is 0 Å². The molecule has 0 saturated carbocycles. The third-order valence-corrected chi connectivity index (χ3v) is 7.49. The molecule has 2 aliphatic heterocycles. The molecule has 0 radical (unpaired) electrons. The van der Waals surface area contributed by atoms with E-state index in [-0.39, 0.29) is 11.6 Å². The fraction of sp³-hybridized carbons (Fsp3) is 0.615. The van der Waals surface area contributed by atoms with Gasteiger partial charge in [0.1, 0.15) is 6.23 Å². The number of hydrogen-bond donors (Lipinski definition) is 1. The van der Waals surface area contributed by atoms with Crippen molar-refractivity contribution in [3.8, 4) is 0 Å². The standard InChI is InChI=1S/C26H38N2O2/c1-4-23(5-2)26(3)19-24(30-17-14-28-12-15-29-16-13-28)27-25(26)22-11-10-20-8-6-7-9-21(20)18-22/h6-11,18,23-25,27H,4-5,12-17,19H2,1-3H3. The fourth-order valence-electron chi connectivity index (χ4n) is 5.70. The van der Waals surface area contributed by atoms with E-state index in [0.29, 0.717) is 12.0 Å². The van der Waals surface area contributed by atoms with Crippen LogP contribution in [-0.2, 0) is 9.47 Å². The molecule has 2 heterocycles. The van der Waals surface area contributed by atoms with Crippen LogP contribution >= 0.6 is 0 Å². The highest BCUT2D eigenvalue weighted by Crippen LogP contribution is 2.51. The summed E-state index contributed by atoms with van der Waals surface area (Å²) in [4.78, 5) is 2.44. The van der Waals surface area contributed by atoms with E-state index in [9.17, 15) is 0 Å². The minimum absolute atomic E-state index is 0.119. The largest absolute Gasteiger partial charge is 0.379 e. The second-order valence-corrected chi connectivity index (χ2v) is 9.24. The molecule has 0 amide bonds. The SMILES string of the molecule is CCC(CC)C1(C)CC(OCCN2CCOCC2)NC1c1ccc2ccccc2c1. The van der Waals surface area contributed by atoms with E-state index in [4.69, 9.17) is 9.47 Å². The lowest BCUT2D eigenvalue weighted by Gasteiger charge is -2.38. The molecule has 2 aliphatic rings. The van der Waals surface area contributed by atoms with Crippen molar-refractivity contribution in [2.75, 3.05) is 39.5 Å². The van der Waals surface area contributed by atoms with Gasteiger partial charge in [0.15, 0.2) is 0 Å². The lowest BCUT2D eigenvalue weighted by Crippen LogP contribution is -2.39. The highest BCUT2D eigenvalue weighted by Gasteiger charge is 2.48. The minimum Gasteiger partial charge on any atom is -0.379 e. The van der Waals surface area contributed by atoms with Crippen LogP contribution in [0.25, 0.3) is 10.8 Å². The van der Waals surface area contributed by atoms with Crippen molar-refractivity contribution in [2.45, 2.75) is 52.3 Å². The summed E-state index contributed by atoms with van der Waals surface area (Å²) in [5.41, 5.74) is 1.58. The van der Waals surface area contributed by atoms with Gasteiger partial charge in [-0.15, -0.1) is 0 Å². The van der Waals surface area contributed by atoms with Gasteiger partial charge in [0.05, 0.1) is 19.8 Å². The molecule has 1 N–H and O–H groups in total. The Hall–Kier alpha value is -1.46. The number of hydrogen-bond acceptors (Lipinski definition) is 4. The summed E-state index contributed by atoms with van der Waals surface area (Å²) in [6.07, 6.45) is 3.60. The van der Waals surface area contributed by atoms with E-state index in [1.165, 1.54) is 29.2 Å². The maximum atomic E-state index is 6.39. The molecule has 30 heavy (non-hydrogen) atoms. The molecule has 2 aromatic carbocycles. The van der Waals surface area contributed by atoms with Gasteiger partial charge in [-0.2, -0.15) is 0 Å². The molecule has 0 spiro atoms. The van der Waals surface area contributed by atoms with Crippen LogP contribution in [0, 0.1) is 11.3 Å². The lowest BCUT2D eigenvalue weighted by atomic mass is 9.67. The van der Waals surface area contributed by atoms with Gasteiger partial charge < -0.3 is 9.47 Å². The average Bonchev–Trinajstić information content (AvgIpc) is 3.12. The Morgan fingerprint density at radius 2 is 1.83 bits per heavy atom. The third kappa shape index (κ3) is 4.57. The molecule has 3 unspecified atom stereocenters. The maximum Gasteiger partial charge on any atom is 0.109 e. The number of morpholine rings is 1. The second kappa shape index (κ2) is 9.78. The third-order valence-electron chi connectivity index (χ3n) is 7.49. The fourth-order valence-corrected chi connectivity index (χ4v) is 5.70. The second-order valence-electron chi connectivity index (χ2n) is 9.24. The number of fused-ring (bicyclic) bond motifs is 1. The summed E-state index contributed by atoms with van der Waals surface area (Å²) < 4.78 is 11.8. The first-order valence-corrected chi connectivity index (χ1v) is 11.8. The molecule has 4 heteroatoms. The van der Waals surface area contributed by atoms with Crippen molar-refractivity contribution in [3.05, 3.63) is 48.0 Å². The van der Waals surface area contributed by atoms with Crippen LogP contribution in [0.5, 0.6) is 0 Å². The van der Waals surface area contributed by atoms with E-state index in [2.05, 4.69) is 73.5 Å². The van der Waals surface area contributed by atoms with Crippen LogP contribution < -0.4 is 5.32 Å². The normalized spacial score (nSPS) is 27.9. The van der Waals surface area contributed by atoms with E-state index >= 15 is 0 Å². The van der Waals surface area contributed by atoms with Gasteiger partial charge in [0.25, 0.3) is 0 Å². The Labute approximate surface area is 181 Å². The Morgan fingerprint density at radius 1 is 1.10 bits per heavy atom. The summed E-state index contributed by atoms with van der Waals surface area (Å²) in [5.74, 6) is 0.675. The molecule has 2 fully saturated rings. The molecule has 3 atom stereocenters. The summed E-state index contributed by atoms with van der Waals surface area (Å²) in [7, 11) is 0. The highest BCUT2D eigenvalue weighted by molar-refractivity contribution is 5.83. The molecule has 164 valence electrons. The van der Waals surface area contributed by atoms with Crippen LogP contribution in [0.1, 0.15) is 51.6 Å². The van der Waals surface area contributed by atoms with Crippen molar-refractivity contribution in [2.24, 2.45) is 11.3 Å². The molecular weight excluding hydrogens is 372 g/mol. The first-order chi connectivity index (χ1) is 14.6. The van der Waals surface area contributed by atoms with Crippen molar-refractivity contribution in [1.29, 1.82) is 0 Å². The molecule has 4 rings (SSSR count). The zero-order valence-corrected chi connectivity index (χ0v) is 18.9. The first kappa shape index (κ1) is 21.8. The monoisotopic (exact) mass is 410 g/mol. The van der Waals surface area contributed by atoms with Crippen LogP contribution in [-0.4, -0.2) is 50.6 Å². The zero-order valence-electron chi connectivity index (χ0n) is 18.9. The maximum absolute atomic E-state index is 6.39. The van der Waals surface area contributed by atoms with Crippen LogP contribution in [0.3, 0.4) is 0 Å². The number of benzene rings is 2. The topological polar surface area (TPSA) is 33.7 Å².